The summed E-state index contributed by atoms with van der Waals surface area (Å²) in [5.41, 5.74) is 0.876. The number of methoxy groups -OCH3 is 1. The van der Waals surface area contributed by atoms with Crippen LogP contribution in [0.1, 0.15) is 5.56 Å². The van der Waals surface area contributed by atoms with Gasteiger partial charge in [0.2, 0.25) is 0 Å². The average Bonchev–Trinajstić information content (AvgIpc) is 2.44. The van der Waals surface area contributed by atoms with Crippen molar-refractivity contribution in [3.63, 3.8) is 0 Å². The van der Waals surface area contributed by atoms with Gasteiger partial charge in [-0.15, -0.1) is 0 Å². The normalized spacial score (nSPS) is 15.4. The van der Waals surface area contributed by atoms with Gasteiger partial charge in [0.05, 0.1) is 7.11 Å². The Hall–Kier alpha value is -1.78. The van der Waals surface area contributed by atoms with Crippen LogP contribution in [0, 0.1) is 5.82 Å². The summed E-state index contributed by atoms with van der Waals surface area (Å²) in [7, 11) is 1.63. The number of hydrogen-bond donors (Lipinski definition) is 0. The molecular weight excluding hydrogens is 305 g/mol. The lowest BCUT2D eigenvalue weighted by molar-refractivity contribution is 0.0131. The number of rotatable bonds is 5. The quantitative estimate of drug-likeness (QED) is 0.837. The molecule has 116 valence electrons. The Morgan fingerprint density at radius 1 is 1.18 bits per heavy atom. The average molecular weight is 322 g/mol. The van der Waals surface area contributed by atoms with E-state index in [1.54, 1.807) is 13.2 Å². The van der Waals surface area contributed by atoms with E-state index in [0.717, 1.165) is 30.2 Å². The number of ether oxygens (including phenoxy) is 2. The fourth-order valence-corrected chi connectivity index (χ4v) is 2.83. The Morgan fingerprint density at radius 2 is 1.91 bits per heavy atom. The number of halogens is 2. The van der Waals surface area contributed by atoms with Crippen LogP contribution in [0.25, 0.3) is 0 Å². The van der Waals surface area contributed by atoms with Crippen LogP contribution in [-0.4, -0.2) is 31.2 Å². The second-order valence-corrected chi connectivity index (χ2v) is 5.80. The Kier molecular flexibility index (Phi) is 4.50. The first-order valence-corrected chi connectivity index (χ1v) is 7.49. The van der Waals surface area contributed by atoms with E-state index >= 15 is 0 Å². The van der Waals surface area contributed by atoms with E-state index in [1.165, 1.54) is 12.1 Å². The van der Waals surface area contributed by atoms with Crippen LogP contribution >= 0.6 is 11.6 Å². The lowest BCUT2D eigenvalue weighted by Gasteiger charge is -2.39. The molecule has 3 rings (SSSR count). The lowest BCUT2D eigenvalue weighted by atomic mass is 10.1. The van der Waals surface area contributed by atoms with E-state index in [1.807, 2.05) is 24.3 Å². The predicted molar refractivity (Wildman–Crippen MR) is 84.1 cm³/mol. The molecule has 1 fully saturated rings. The number of nitrogens with zero attached hydrogens (tertiary/aromatic N) is 1. The van der Waals surface area contributed by atoms with Crippen LogP contribution in [0.15, 0.2) is 42.5 Å². The van der Waals surface area contributed by atoms with E-state index in [4.69, 9.17) is 21.1 Å². The first-order valence-electron chi connectivity index (χ1n) is 7.11. The Bertz CT molecular complexity index is 639. The van der Waals surface area contributed by atoms with E-state index < -0.39 is 0 Å². The molecule has 0 aromatic heterocycles. The summed E-state index contributed by atoms with van der Waals surface area (Å²) in [6.07, 6.45) is 0.125. The zero-order chi connectivity index (χ0) is 15.5. The van der Waals surface area contributed by atoms with E-state index in [0.29, 0.717) is 11.6 Å². The van der Waals surface area contributed by atoms with Crippen molar-refractivity contribution in [1.82, 2.24) is 4.90 Å². The van der Waals surface area contributed by atoms with Crippen LogP contribution in [0.4, 0.5) is 4.39 Å². The maximum atomic E-state index is 13.3. The molecule has 22 heavy (non-hydrogen) atoms. The first-order chi connectivity index (χ1) is 10.6. The van der Waals surface area contributed by atoms with Crippen molar-refractivity contribution in [1.29, 1.82) is 0 Å². The van der Waals surface area contributed by atoms with Gasteiger partial charge in [-0.1, -0.05) is 23.7 Å². The minimum Gasteiger partial charge on any atom is -0.493 e. The van der Waals surface area contributed by atoms with Gasteiger partial charge in [-0.3, -0.25) is 4.90 Å². The third-order valence-corrected chi connectivity index (χ3v) is 3.83. The van der Waals surface area contributed by atoms with Crippen molar-refractivity contribution in [3.05, 3.63) is 58.9 Å². The highest BCUT2D eigenvalue weighted by Gasteiger charge is 2.29. The zero-order valence-electron chi connectivity index (χ0n) is 12.3. The molecule has 1 heterocycles. The maximum Gasteiger partial charge on any atom is 0.161 e. The fraction of sp³-hybridized carbons (Fsp3) is 0.294. The molecule has 1 aliphatic heterocycles. The number of para-hydroxylation sites is 2. The summed E-state index contributed by atoms with van der Waals surface area (Å²) < 4.78 is 24.5. The van der Waals surface area contributed by atoms with Crippen molar-refractivity contribution in [3.8, 4) is 11.5 Å². The standard InChI is InChI=1S/C17H17ClFNO2/c1-21-16-4-2-3-5-17(16)22-15-10-20(11-15)9-12-6-13(18)8-14(19)7-12/h2-8,15H,9-11H2,1H3. The molecule has 0 saturated carbocycles. The highest BCUT2D eigenvalue weighted by molar-refractivity contribution is 6.30. The molecule has 0 unspecified atom stereocenters. The Morgan fingerprint density at radius 3 is 2.59 bits per heavy atom. The van der Waals surface area contributed by atoms with E-state index in [-0.39, 0.29) is 11.9 Å². The number of hydrogen-bond acceptors (Lipinski definition) is 3. The van der Waals surface area contributed by atoms with Crippen LogP contribution < -0.4 is 9.47 Å². The van der Waals surface area contributed by atoms with E-state index in [2.05, 4.69) is 4.90 Å². The lowest BCUT2D eigenvalue weighted by Crippen LogP contribution is -2.53. The van der Waals surface area contributed by atoms with Crippen LogP contribution in [0.2, 0.25) is 5.02 Å². The maximum absolute atomic E-state index is 13.3. The minimum absolute atomic E-state index is 0.125. The van der Waals surface area contributed by atoms with Gasteiger partial charge in [0.25, 0.3) is 0 Å². The number of likely N-dealkylation sites (tertiary alicyclic amines) is 1. The molecule has 0 atom stereocenters. The van der Waals surface area contributed by atoms with Gasteiger partial charge in [-0.05, 0) is 35.9 Å². The van der Waals surface area contributed by atoms with Gasteiger partial charge < -0.3 is 9.47 Å². The van der Waals surface area contributed by atoms with Crippen molar-refractivity contribution in [2.45, 2.75) is 12.6 Å². The van der Waals surface area contributed by atoms with Crippen LogP contribution in [-0.2, 0) is 6.54 Å². The van der Waals surface area contributed by atoms with Crippen molar-refractivity contribution in [2.75, 3.05) is 20.2 Å². The SMILES string of the molecule is COc1ccccc1OC1CN(Cc2cc(F)cc(Cl)c2)C1. The minimum atomic E-state index is -0.301. The highest BCUT2D eigenvalue weighted by atomic mass is 35.5. The van der Waals surface area contributed by atoms with Crippen molar-refractivity contribution < 1.29 is 13.9 Å². The molecule has 2 aromatic rings. The molecule has 1 aliphatic rings. The van der Waals surface area contributed by atoms with Gasteiger partial charge in [0.15, 0.2) is 11.5 Å². The second-order valence-electron chi connectivity index (χ2n) is 5.36. The zero-order valence-corrected chi connectivity index (χ0v) is 13.0. The monoisotopic (exact) mass is 321 g/mol. The molecule has 0 amide bonds. The molecule has 0 N–H and O–H groups in total. The van der Waals surface area contributed by atoms with Crippen molar-refractivity contribution >= 4 is 11.6 Å². The topological polar surface area (TPSA) is 21.7 Å². The molecule has 0 aliphatic carbocycles. The summed E-state index contributed by atoms with van der Waals surface area (Å²) in [5.74, 6) is 1.19. The predicted octanol–water partition coefficient (Wildman–Crippen LogP) is 3.75. The third kappa shape index (κ3) is 3.51. The summed E-state index contributed by atoms with van der Waals surface area (Å²) >= 11 is 5.87. The second kappa shape index (κ2) is 6.55. The molecule has 5 heteroatoms. The van der Waals surface area contributed by atoms with Gasteiger partial charge in [-0.25, -0.2) is 4.39 Å². The molecule has 0 radical (unpaired) electrons. The molecule has 2 aromatic carbocycles. The molecule has 3 nitrogen and oxygen atoms in total. The largest absolute Gasteiger partial charge is 0.493 e. The summed E-state index contributed by atoms with van der Waals surface area (Å²) in [6.45, 7) is 2.27. The number of benzene rings is 2. The fourth-order valence-electron chi connectivity index (χ4n) is 2.58. The summed E-state index contributed by atoms with van der Waals surface area (Å²) in [6, 6.07) is 12.2. The Balaban J connectivity index is 1.54. The first kappa shape index (κ1) is 15.1. The van der Waals surface area contributed by atoms with Crippen molar-refractivity contribution in [2.24, 2.45) is 0 Å². The van der Waals surface area contributed by atoms with Crippen LogP contribution in [0.3, 0.4) is 0 Å². The Labute approximate surface area is 134 Å². The molecular formula is C17H17ClFNO2. The van der Waals surface area contributed by atoms with Crippen LogP contribution in [0.5, 0.6) is 11.5 Å². The molecule has 0 bridgehead atoms. The summed E-state index contributed by atoms with van der Waals surface area (Å²) in [5, 5.41) is 0.428. The van der Waals surface area contributed by atoms with Gasteiger partial charge >= 0.3 is 0 Å². The molecule has 0 spiro atoms. The molecule has 1 saturated heterocycles. The van der Waals surface area contributed by atoms with Gasteiger partial charge in [0.1, 0.15) is 11.9 Å². The third-order valence-electron chi connectivity index (χ3n) is 3.61. The van der Waals surface area contributed by atoms with Gasteiger partial charge in [0, 0.05) is 24.7 Å². The highest BCUT2D eigenvalue weighted by Crippen LogP contribution is 2.29. The van der Waals surface area contributed by atoms with Gasteiger partial charge in [-0.2, -0.15) is 0 Å². The smallest absolute Gasteiger partial charge is 0.161 e. The van der Waals surface area contributed by atoms with E-state index in [9.17, 15) is 4.39 Å². The summed E-state index contributed by atoms with van der Waals surface area (Å²) in [4.78, 5) is 2.19.